The predicted octanol–water partition coefficient (Wildman–Crippen LogP) is 3.35. The molecule has 1 aliphatic heterocycles. The van der Waals surface area contributed by atoms with Gasteiger partial charge in [0.05, 0.1) is 5.69 Å². The third-order valence-electron chi connectivity index (χ3n) is 4.88. The fraction of sp³-hybridized carbons (Fsp3) is 0.350. The molecule has 1 saturated heterocycles. The number of rotatable bonds is 3. The van der Waals surface area contributed by atoms with Crippen LogP contribution in [0.1, 0.15) is 18.2 Å². The highest BCUT2D eigenvalue weighted by Crippen LogP contribution is 2.22. The van der Waals surface area contributed by atoms with E-state index in [1.807, 2.05) is 12.1 Å². The van der Waals surface area contributed by atoms with E-state index in [-0.39, 0.29) is 0 Å². The molecule has 4 rings (SSSR count). The quantitative estimate of drug-likeness (QED) is 0.739. The number of hydrogen-bond acceptors (Lipinski definition) is 3. The number of aryl methyl sites for hydroxylation is 1. The fourth-order valence-electron chi connectivity index (χ4n) is 3.59. The van der Waals surface area contributed by atoms with Crippen molar-refractivity contribution in [2.45, 2.75) is 26.4 Å². The van der Waals surface area contributed by atoms with E-state index in [0.717, 1.165) is 37.5 Å². The van der Waals surface area contributed by atoms with Gasteiger partial charge >= 0.3 is 0 Å². The average molecular weight is 320 g/mol. The Labute approximate surface area is 143 Å². The van der Waals surface area contributed by atoms with Crippen LogP contribution in [0.15, 0.2) is 54.9 Å². The second-order valence-electron chi connectivity index (χ2n) is 6.81. The van der Waals surface area contributed by atoms with E-state index < -0.39 is 0 Å². The van der Waals surface area contributed by atoms with E-state index in [9.17, 15) is 0 Å². The minimum Gasteiger partial charge on any atom is -0.366 e. The van der Waals surface area contributed by atoms with Crippen LogP contribution in [0, 0.1) is 6.92 Å². The van der Waals surface area contributed by atoms with Crippen molar-refractivity contribution in [3.8, 4) is 0 Å². The lowest BCUT2D eigenvalue weighted by Crippen LogP contribution is -2.51. The van der Waals surface area contributed by atoms with Crippen molar-refractivity contribution in [2.75, 3.05) is 24.5 Å². The summed E-state index contributed by atoms with van der Waals surface area (Å²) in [5.41, 5.74) is 4.83. The van der Waals surface area contributed by atoms with Gasteiger partial charge in [-0.05, 0) is 38.1 Å². The molecule has 1 atom stereocenters. The first-order chi connectivity index (χ1) is 11.7. The highest BCUT2D eigenvalue weighted by molar-refractivity contribution is 5.49. The number of fused-ring (bicyclic) bond motifs is 1. The van der Waals surface area contributed by atoms with Crippen LogP contribution >= 0.6 is 0 Å². The van der Waals surface area contributed by atoms with Gasteiger partial charge in [0.25, 0.3) is 0 Å². The van der Waals surface area contributed by atoms with Crippen LogP contribution in [0.25, 0.3) is 5.65 Å². The Bertz CT molecular complexity index is 788. The molecule has 0 N–H and O–H groups in total. The first-order valence-electron chi connectivity index (χ1n) is 8.67. The van der Waals surface area contributed by atoms with E-state index in [2.05, 4.69) is 70.8 Å². The van der Waals surface area contributed by atoms with Crippen molar-refractivity contribution in [3.63, 3.8) is 0 Å². The van der Waals surface area contributed by atoms with E-state index in [1.165, 1.54) is 11.3 Å². The molecule has 124 valence electrons. The molecule has 4 nitrogen and oxygen atoms in total. The van der Waals surface area contributed by atoms with Crippen LogP contribution in [0.4, 0.5) is 5.69 Å². The average Bonchev–Trinajstić information content (AvgIpc) is 2.98. The minimum atomic E-state index is 0.512. The molecule has 0 aliphatic carbocycles. The van der Waals surface area contributed by atoms with Crippen molar-refractivity contribution >= 4 is 11.3 Å². The molecule has 0 radical (unpaired) electrons. The first-order valence-corrected chi connectivity index (χ1v) is 8.67. The van der Waals surface area contributed by atoms with Crippen LogP contribution in [0.5, 0.6) is 0 Å². The Kier molecular flexibility index (Phi) is 3.98. The maximum Gasteiger partial charge on any atom is 0.137 e. The van der Waals surface area contributed by atoms with Crippen LogP contribution in [0.2, 0.25) is 0 Å². The number of piperazine rings is 1. The van der Waals surface area contributed by atoms with Crippen LogP contribution in [-0.2, 0) is 6.54 Å². The Balaban J connectivity index is 1.43. The topological polar surface area (TPSA) is 23.8 Å². The maximum atomic E-state index is 4.73. The number of hydrogen-bond donors (Lipinski definition) is 0. The van der Waals surface area contributed by atoms with Gasteiger partial charge in [0.2, 0.25) is 0 Å². The largest absolute Gasteiger partial charge is 0.366 e. The Morgan fingerprint density at radius 3 is 2.67 bits per heavy atom. The molecule has 1 fully saturated rings. The molecule has 2 aromatic heterocycles. The summed E-state index contributed by atoms with van der Waals surface area (Å²) in [5, 5.41) is 0. The van der Waals surface area contributed by atoms with E-state index >= 15 is 0 Å². The van der Waals surface area contributed by atoms with E-state index in [1.54, 1.807) is 0 Å². The molecule has 0 saturated carbocycles. The van der Waals surface area contributed by atoms with Gasteiger partial charge in [0.15, 0.2) is 0 Å². The number of aromatic nitrogens is 2. The number of benzene rings is 1. The van der Waals surface area contributed by atoms with Crippen LogP contribution in [0.3, 0.4) is 0 Å². The third kappa shape index (κ3) is 3.02. The van der Waals surface area contributed by atoms with Gasteiger partial charge in [-0.2, -0.15) is 0 Å². The molecule has 1 unspecified atom stereocenters. The van der Waals surface area contributed by atoms with Crippen molar-refractivity contribution in [2.24, 2.45) is 0 Å². The molecule has 24 heavy (non-hydrogen) atoms. The van der Waals surface area contributed by atoms with Gasteiger partial charge in [-0.3, -0.25) is 4.90 Å². The molecule has 1 aromatic carbocycles. The summed E-state index contributed by atoms with van der Waals surface area (Å²) >= 11 is 0. The maximum absolute atomic E-state index is 4.73. The van der Waals surface area contributed by atoms with Crippen molar-refractivity contribution < 1.29 is 0 Å². The lowest BCUT2D eigenvalue weighted by atomic mass is 10.1. The van der Waals surface area contributed by atoms with Gasteiger partial charge in [0, 0.05) is 50.3 Å². The highest BCUT2D eigenvalue weighted by atomic mass is 15.3. The van der Waals surface area contributed by atoms with Gasteiger partial charge < -0.3 is 9.30 Å². The lowest BCUT2D eigenvalue weighted by Gasteiger charge is -2.41. The molecule has 3 heterocycles. The zero-order valence-corrected chi connectivity index (χ0v) is 14.4. The minimum absolute atomic E-state index is 0.512. The highest BCUT2D eigenvalue weighted by Gasteiger charge is 2.24. The Morgan fingerprint density at radius 1 is 1.08 bits per heavy atom. The van der Waals surface area contributed by atoms with Gasteiger partial charge in [0.1, 0.15) is 5.65 Å². The van der Waals surface area contributed by atoms with Gasteiger partial charge in [-0.15, -0.1) is 0 Å². The number of nitrogens with zero attached hydrogens (tertiary/aromatic N) is 4. The smallest absolute Gasteiger partial charge is 0.137 e. The second-order valence-corrected chi connectivity index (χ2v) is 6.81. The number of anilines is 1. The van der Waals surface area contributed by atoms with Gasteiger partial charge in [-0.25, -0.2) is 4.98 Å². The molecule has 0 amide bonds. The summed E-state index contributed by atoms with van der Waals surface area (Å²) < 4.78 is 2.10. The fourth-order valence-corrected chi connectivity index (χ4v) is 3.59. The van der Waals surface area contributed by atoms with Gasteiger partial charge in [-0.1, -0.05) is 23.8 Å². The molecule has 0 bridgehead atoms. The molecular weight excluding hydrogens is 296 g/mol. The van der Waals surface area contributed by atoms with Crippen molar-refractivity contribution in [1.29, 1.82) is 0 Å². The molecular formula is C20H24N4. The second kappa shape index (κ2) is 6.29. The monoisotopic (exact) mass is 320 g/mol. The summed E-state index contributed by atoms with van der Waals surface area (Å²) in [6, 6.07) is 15.5. The molecule has 3 aromatic rings. The Morgan fingerprint density at radius 2 is 1.92 bits per heavy atom. The summed E-state index contributed by atoms with van der Waals surface area (Å²) in [4.78, 5) is 9.75. The summed E-state index contributed by atoms with van der Waals surface area (Å²) in [6.07, 6.45) is 4.20. The normalized spacial score (nSPS) is 19.1. The van der Waals surface area contributed by atoms with Crippen molar-refractivity contribution in [3.05, 3.63) is 66.1 Å². The third-order valence-corrected chi connectivity index (χ3v) is 4.88. The number of imidazole rings is 1. The SMILES string of the molecule is Cc1ccc(N2CCN(Cc3cn4ccccc4n3)CC2C)cc1. The van der Waals surface area contributed by atoms with Crippen LogP contribution in [-0.4, -0.2) is 40.0 Å². The standard InChI is InChI=1S/C20H24N4/c1-16-6-8-19(9-7-16)24-12-11-22(13-17(24)2)14-18-15-23-10-4-3-5-20(23)21-18/h3-10,15,17H,11-14H2,1-2H3. The molecule has 0 spiro atoms. The summed E-state index contributed by atoms with van der Waals surface area (Å²) in [6.45, 7) is 8.59. The lowest BCUT2D eigenvalue weighted by molar-refractivity contribution is 0.219. The Hall–Kier alpha value is -2.33. The molecule has 4 heteroatoms. The van der Waals surface area contributed by atoms with Crippen LogP contribution < -0.4 is 4.90 Å². The summed E-state index contributed by atoms with van der Waals surface area (Å²) in [5.74, 6) is 0. The van der Waals surface area contributed by atoms with Crippen molar-refractivity contribution in [1.82, 2.24) is 14.3 Å². The zero-order chi connectivity index (χ0) is 16.5. The first kappa shape index (κ1) is 15.2. The zero-order valence-electron chi connectivity index (χ0n) is 14.4. The predicted molar refractivity (Wildman–Crippen MR) is 98.5 cm³/mol. The van der Waals surface area contributed by atoms with E-state index in [4.69, 9.17) is 4.98 Å². The number of pyridine rings is 1. The molecule has 1 aliphatic rings. The van der Waals surface area contributed by atoms with E-state index in [0.29, 0.717) is 6.04 Å². The summed E-state index contributed by atoms with van der Waals surface area (Å²) in [7, 11) is 0.